The number of aromatic nitrogens is 3. The molecule has 6 N–H and O–H groups in total. The number of hydrogen-bond acceptors (Lipinski definition) is 9. The van der Waals surface area contributed by atoms with E-state index in [1.54, 1.807) is 6.07 Å². The average Bonchev–Trinajstić information content (AvgIpc) is 2.86. The van der Waals surface area contributed by atoms with Crippen molar-refractivity contribution >= 4 is 34.4 Å². The van der Waals surface area contributed by atoms with Crippen LogP contribution in [-0.2, 0) is 33.5 Å². The van der Waals surface area contributed by atoms with Crippen LogP contribution in [0.25, 0.3) is 5.52 Å². The van der Waals surface area contributed by atoms with Crippen LogP contribution in [0.4, 0.5) is 5.69 Å². The van der Waals surface area contributed by atoms with Crippen molar-refractivity contribution in [2.24, 2.45) is 0 Å². The van der Waals surface area contributed by atoms with Crippen LogP contribution in [0.1, 0.15) is 12.7 Å². The standard InChI is InChI=1S/C10H17N4O10P3/c1-7(4-10-12-5-9-8(11)2-3-13-14(9)10)22-6-25(15,16)23-27(20,21)24-26(17,18)19/h2-3,5,7H,4,6,11H2,1H3,(H,15,16)(H,20,21)(H2,17,18,19). The monoisotopic (exact) mass is 446 g/mol. The zero-order valence-electron chi connectivity index (χ0n) is 13.7. The molecule has 0 saturated heterocycles. The van der Waals surface area contributed by atoms with Crippen LogP contribution in [0.3, 0.4) is 0 Å². The molecule has 2 heterocycles. The molecule has 2 aromatic heterocycles. The lowest BCUT2D eigenvalue weighted by Crippen LogP contribution is -2.15. The van der Waals surface area contributed by atoms with Gasteiger partial charge in [0, 0.05) is 6.42 Å². The fourth-order valence-electron chi connectivity index (χ4n) is 1.99. The Morgan fingerprint density at radius 1 is 1.22 bits per heavy atom. The number of hydrogen-bond donors (Lipinski definition) is 5. The molecule has 27 heavy (non-hydrogen) atoms. The minimum absolute atomic E-state index is 0.139. The third-order valence-corrected chi connectivity index (χ3v) is 6.97. The molecule has 2 aromatic rings. The third-order valence-electron chi connectivity index (χ3n) is 2.97. The summed E-state index contributed by atoms with van der Waals surface area (Å²) in [6, 6.07) is 1.59. The van der Waals surface area contributed by atoms with Crippen molar-refractivity contribution in [2.45, 2.75) is 19.4 Å². The molecule has 3 atom stereocenters. The summed E-state index contributed by atoms with van der Waals surface area (Å²) in [6.07, 6.45) is 1.35. The number of nitrogens with zero attached hydrogens (tertiary/aromatic N) is 3. The maximum atomic E-state index is 11.8. The van der Waals surface area contributed by atoms with Gasteiger partial charge < -0.3 is 30.0 Å². The van der Waals surface area contributed by atoms with E-state index in [2.05, 4.69) is 18.7 Å². The van der Waals surface area contributed by atoms with E-state index in [9.17, 15) is 18.6 Å². The van der Waals surface area contributed by atoms with Gasteiger partial charge in [-0.1, -0.05) is 0 Å². The molecule has 0 saturated carbocycles. The summed E-state index contributed by atoms with van der Waals surface area (Å²) in [5, 5.41) is 4.08. The van der Waals surface area contributed by atoms with E-state index < -0.39 is 35.7 Å². The molecule has 0 spiro atoms. The van der Waals surface area contributed by atoms with E-state index in [1.165, 1.54) is 23.8 Å². The van der Waals surface area contributed by atoms with Crippen LogP contribution in [0.5, 0.6) is 0 Å². The van der Waals surface area contributed by atoms with Crippen LogP contribution >= 0.6 is 23.2 Å². The van der Waals surface area contributed by atoms with Crippen molar-refractivity contribution in [3.8, 4) is 0 Å². The molecule has 152 valence electrons. The zero-order valence-corrected chi connectivity index (χ0v) is 16.4. The molecule has 0 bridgehead atoms. The molecule has 14 nitrogen and oxygen atoms in total. The second kappa shape index (κ2) is 8.06. The molecule has 0 aromatic carbocycles. The van der Waals surface area contributed by atoms with Gasteiger partial charge in [-0.3, -0.25) is 4.57 Å². The summed E-state index contributed by atoms with van der Waals surface area (Å²) >= 11 is 0. The normalized spacial score (nSPS) is 18.1. The molecule has 0 amide bonds. The van der Waals surface area contributed by atoms with Gasteiger partial charge in [0.15, 0.2) is 0 Å². The molecule has 2 rings (SSSR count). The minimum atomic E-state index is -5.49. The van der Waals surface area contributed by atoms with Crippen LogP contribution in [0.2, 0.25) is 0 Å². The Labute approximate surface area is 152 Å². The van der Waals surface area contributed by atoms with Gasteiger partial charge in [-0.05, 0) is 13.0 Å². The van der Waals surface area contributed by atoms with Crippen molar-refractivity contribution in [1.82, 2.24) is 14.6 Å². The van der Waals surface area contributed by atoms with E-state index in [0.717, 1.165) is 0 Å². The highest BCUT2D eigenvalue weighted by Gasteiger charge is 2.39. The van der Waals surface area contributed by atoms with Crippen LogP contribution in [0.15, 0.2) is 18.5 Å². The Hall–Kier alpha value is -1.17. The first-order chi connectivity index (χ1) is 12.3. The lowest BCUT2D eigenvalue weighted by molar-refractivity contribution is 0.0860. The smallest absolute Gasteiger partial charge is 0.397 e. The van der Waals surface area contributed by atoms with Gasteiger partial charge in [0.05, 0.1) is 24.2 Å². The second-order valence-electron chi connectivity index (χ2n) is 5.33. The highest BCUT2D eigenvalue weighted by Crippen LogP contribution is 2.65. The number of ether oxygens (including phenoxy) is 1. The first-order valence-corrected chi connectivity index (χ1v) is 11.9. The lowest BCUT2D eigenvalue weighted by atomic mass is 10.3. The summed E-state index contributed by atoms with van der Waals surface area (Å²) in [5.74, 6) is 0.441. The Bertz CT molecular complexity index is 958. The lowest BCUT2D eigenvalue weighted by Gasteiger charge is -2.18. The second-order valence-corrected chi connectivity index (χ2v) is 10.1. The Morgan fingerprint density at radius 2 is 1.89 bits per heavy atom. The molecule has 3 unspecified atom stereocenters. The highest BCUT2D eigenvalue weighted by molar-refractivity contribution is 7.68. The third kappa shape index (κ3) is 6.74. The van der Waals surface area contributed by atoms with E-state index in [-0.39, 0.29) is 6.42 Å². The van der Waals surface area contributed by atoms with Crippen LogP contribution in [0, 0.1) is 0 Å². The van der Waals surface area contributed by atoms with Gasteiger partial charge in [0.25, 0.3) is 0 Å². The Morgan fingerprint density at radius 3 is 2.52 bits per heavy atom. The molecule has 0 radical (unpaired) electrons. The van der Waals surface area contributed by atoms with Gasteiger partial charge in [0.2, 0.25) is 0 Å². The van der Waals surface area contributed by atoms with Gasteiger partial charge in [-0.2, -0.15) is 9.41 Å². The van der Waals surface area contributed by atoms with Crippen molar-refractivity contribution in [2.75, 3.05) is 12.1 Å². The predicted molar refractivity (Wildman–Crippen MR) is 90.4 cm³/mol. The summed E-state index contributed by atoms with van der Waals surface area (Å²) < 4.78 is 47.5. The van der Waals surface area contributed by atoms with Gasteiger partial charge in [-0.25, -0.2) is 22.9 Å². The Balaban J connectivity index is 1.96. The quantitative estimate of drug-likeness (QED) is 0.334. The number of rotatable bonds is 9. The summed E-state index contributed by atoms with van der Waals surface area (Å²) in [7, 11) is -15.8. The number of anilines is 1. The Kier molecular flexibility index (Phi) is 6.60. The minimum Gasteiger partial charge on any atom is -0.397 e. The molecule has 0 fully saturated rings. The number of nitrogen functional groups attached to an aromatic ring is 1. The predicted octanol–water partition coefficient (Wildman–Crippen LogP) is 0.628. The number of nitrogens with two attached hydrogens (primary N) is 1. The molecule has 0 aliphatic heterocycles. The summed E-state index contributed by atoms with van der Waals surface area (Å²) in [5.41, 5.74) is 6.80. The maximum absolute atomic E-state index is 11.8. The fraction of sp³-hybridized carbons (Fsp3) is 0.400. The maximum Gasteiger partial charge on any atom is 0.488 e. The van der Waals surface area contributed by atoms with E-state index in [0.29, 0.717) is 17.0 Å². The number of fused-ring (bicyclic) bond motifs is 1. The van der Waals surface area contributed by atoms with E-state index in [1.807, 2.05) is 0 Å². The largest absolute Gasteiger partial charge is 0.488 e. The van der Waals surface area contributed by atoms with Crippen LogP contribution in [-0.4, -0.2) is 46.6 Å². The molecule has 0 aliphatic carbocycles. The highest BCUT2D eigenvalue weighted by atomic mass is 31.3. The van der Waals surface area contributed by atoms with Crippen LogP contribution < -0.4 is 5.73 Å². The number of imidazole rings is 1. The fourth-order valence-corrected chi connectivity index (χ4v) is 5.37. The first-order valence-electron chi connectivity index (χ1n) is 7.09. The average molecular weight is 446 g/mol. The molecular formula is C10H17N4O10P3. The molecule has 0 aliphatic rings. The van der Waals surface area contributed by atoms with Crippen molar-refractivity contribution in [3.63, 3.8) is 0 Å². The van der Waals surface area contributed by atoms with E-state index in [4.69, 9.17) is 25.2 Å². The summed E-state index contributed by atoms with van der Waals surface area (Å²) in [6.45, 7) is 1.53. The SMILES string of the molecule is CC(Cc1ncc2c(N)ccnn12)OCP(=O)(O)OP(=O)(O)OP(=O)(O)O. The number of phosphoric acid groups is 2. The first kappa shape index (κ1) is 22.1. The van der Waals surface area contributed by atoms with Gasteiger partial charge in [-0.15, -0.1) is 0 Å². The van der Waals surface area contributed by atoms with Gasteiger partial charge in [0.1, 0.15) is 17.7 Å². The van der Waals surface area contributed by atoms with Crippen molar-refractivity contribution in [1.29, 1.82) is 0 Å². The van der Waals surface area contributed by atoms with Crippen molar-refractivity contribution < 1.29 is 46.6 Å². The zero-order chi connectivity index (χ0) is 20.5. The van der Waals surface area contributed by atoms with Gasteiger partial charge >= 0.3 is 23.2 Å². The molecule has 17 heteroatoms. The van der Waals surface area contributed by atoms with Crippen molar-refractivity contribution in [3.05, 3.63) is 24.3 Å². The van der Waals surface area contributed by atoms with E-state index >= 15 is 0 Å². The topological polar surface area (TPSA) is 216 Å². The summed E-state index contributed by atoms with van der Waals surface area (Å²) in [4.78, 5) is 39.7. The molecular weight excluding hydrogens is 429 g/mol.